The first-order valence-electron chi connectivity index (χ1n) is 9.85. The topological polar surface area (TPSA) is 54.3 Å². The minimum atomic E-state index is 0.252. The van der Waals surface area contributed by atoms with Crippen molar-refractivity contribution in [3.8, 4) is 0 Å². The maximum absolute atomic E-state index is 12.7. The molecule has 0 N–H and O–H groups in total. The summed E-state index contributed by atoms with van der Waals surface area (Å²) in [5.74, 6) is 0.252. The molecule has 6 nitrogen and oxygen atoms in total. The molecule has 0 atom stereocenters. The number of hydrogen-bond acceptors (Lipinski definition) is 5. The Balaban J connectivity index is 1.28. The molecule has 0 unspecified atom stereocenters. The van der Waals surface area contributed by atoms with E-state index in [2.05, 4.69) is 35.1 Å². The van der Waals surface area contributed by atoms with Crippen LogP contribution in [-0.2, 0) is 24.8 Å². The zero-order valence-electron chi connectivity index (χ0n) is 16.8. The predicted octanol–water partition coefficient (Wildman–Crippen LogP) is 2.92. The van der Waals surface area contributed by atoms with Gasteiger partial charge in [-0.25, -0.2) is 4.98 Å². The van der Waals surface area contributed by atoms with Gasteiger partial charge in [0, 0.05) is 45.3 Å². The summed E-state index contributed by atoms with van der Waals surface area (Å²) in [6.07, 6.45) is 1.33. The Bertz CT molecular complexity index is 951. The van der Waals surface area contributed by atoms with Gasteiger partial charge in [-0.1, -0.05) is 12.1 Å². The fraction of sp³-hybridized carbons (Fsp3) is 0.476. The van der Waals surface area contributed by atoms with Gasteiger partial charge in [0.15, 0.2) is 0 Å². The summed E-state index contributed by atoms with van der Waals surface area (Å²) in [4.78, 5) is 21.8. The molecule has 1 aromatic carbocycles. The molecule has 1 saturated heterocycles. The van der Waals surface area contributed by atoms with E-state index >= 15 is 0 Å². The first-order chi connectivity index (χ1) is 13.5. The largest absolute Gasteiger partial charge is 0.340 e. The third-order valence-corrected chi connectivity index (χ3v) is 6.69. The van der Waals surface area contributed by atoms with Crippen molar-refractivity contribution < 1.29 is 4.79 Å². The maximum Gasteiger partial charge on any atom is 0.222 e. The van der Waals surface area contributed by atoms with Gasteiger partial charge < -0.3 is 4.90 Å². The summed E-state index contributed by atoms with van der Waals surface area (Å²) < 4.78 is 3.14. The molecule has 148 valence electrons. The summed E-state index contributed by atoms with van der Waals surface area (Å²) in [6.45, 7) is 8.38. The van der Waals surface area contributed by atoms with Gasteiger partial charge in [-0.15, -0.1) is 11.3 Å². The summed E-state index contributed by atoms with van der Waals surface area (Å²) >= 11 is 1.77. The van der Waals surface area contributed by atoms with E-state index in [9.17, 15) is 4.79 Å². The Morgan fingerprint density at radius 2 is 1.89 bits per heavy atom. The lowest BCUT2D eigenvalue weighted by atomic mass is 10.1. The highest BCUT2D eigenvalue weighted by molar-refractivity contribution is 7.18. The number of carbonyl (C=O) groups is 1. The lowest BCUT2D eigenvalue weighted by molar-refractivity contribution is -0.133. The summed E-state index contributed by atoms with van der Waals surface area (Å²) in [5.41, 5.74) is 4.49. The Morgan fingerprint density at radius 1 is 1.14 bits per heavy atom. The first-order valence-corrected chi connectivity index (χ1v) is 10.7. The van der Waals surface area contributed by atoms with Gasteiger partial charge in [-0.05, 0) is 38.0 Å². The van der Waals surface area contributed by atoms with Crippen LogP contribution in [0.2, 0.25) is 0 Å². The third-order valence-electron chi connectivity index (χ3n) is 5.67. The maximum atomic E-state index is 12.7. The minimum absolute atomic E-state index is 0.252. The lowest BCUT2D eigenvalue weighted by Gasteiger charge is -2.34. The molecule has 3 heterocycles. The summed E-state index contributed by atoms with van der Waals surface area (Å²) in [5, 5.41) is 5.60. The molecule has 1 aliphatic rings. The standard InChI is InChI=1S/C21H27N5OS/c1-15-17(16(2)24(3)23-15)8-9-21(27)26-12-10-25(11-13-26)14-20-22-18-6-4-5-7-19(18)28-20/h4-7H,8-14H2,1-3H3. The zero-order chi connectivity index (χ0) is 19.7. The van der Waals surface area contributed by atoms with Crippen molar-refractivity contribution >= 4 is 27.5 Å². The summed E-state index contributed by atoms with van der Waals surface area (Å²) in [6, 6.07) is 8.28. The number of nitrogens with zero attached hydrogens (tertiary/aromatic N) is 5. The SMILES string of the molecule is Cc1nn(C)c(C)c1CCC(=O)N1CCN(Cc2nc3ccccc3s2)CC1. The van der Waals surface area contributed by atoms with Gasteiger partial charge in [0.05, 0.1) is 22.5 Å². The minimum Gasteiger partial charge on any atom is -0.340 e. The van der Waals surface area contributed by atoms with E-state index in [0.717, 1.165) is 61.1 Å². The van der Waals surface area contributed by atoms with Crippen molar-refractivity contribution in [1.82, 2.24) is 24.6 Å². The molecule has 1 aliphatic heterocycles. The van der Waals surface area contributed by atoms with E-state index in [1.165, 1.54) is 10.3 Å². The molecule has 28 heavy (non-hydrogen) atoms. The van der Waals surface area contributed by atoms with E-state index in [-0.39, 0.29) is 5.91 Å². The number of aromatic nitrogens is 3. The molecule has 1 amide bonds. The van der Waals surface area contributed by atoms with Gasteiger partial charge >= 0.3 is 0 Å². The second kappa shape index (κ2) is 8.01. The molecule has 0 spiro atoms. The van der Waals surface area contributed by atoms with E-state index in [1.807, 2.05) is 29.6 Å². The van der Waals surface area contributed by atoms with Crippen LogP contribution < -0.4 is 0 Å². The first kappa shape index (κ1) is 19.1. The normalized spacial score (nSPS) is 15.5. The number of aryl methyl sites for hydroxylation is 2. The molecule has 0 aliphatic carbocycles. The van der Waals surface area contributed by atoms with Crippen LogP contribution in [0.25, 0.3) is 10.2 Å². The number of fused-ring (bicyclic) bond motifs is 1. The van der Waals surface area contributed by atoms with Crippen LogP contribution >= 0.6 is 11.3 Å². The fourth-order valence-corrected chi connectivity index (χ4v) is 4.91. The third kappa shape index (κ3) is 3.95. The summed E-state index contributed by atoms with van der Waals surface area (Å²) in [7, 11) is 1.96. The number of carbonyl (C=O) groups excluding carboxylic acids is 1. The Hall–Kier alpha value is -2.25. The number of amides is 1. The predicted molar refractivity (Wildman–Crippen MR) is 112 cm³/mol. The molecule has 0 radical (unpaired) electrons. The lowest BCUT2D eigenvalue weighted by Crippen LogP contribution is -2.48. The van der Waals surface area contributed by atoms with E-state index in [0.29, 0.717) is 6.42 Å². The van der Waals surface area contributed by atoms with Crippen molar-refractivity contribution in [3.05, 3.63) is 46.2 Å². The highest BCUT2D eigenvalue weighted by Gasteiger charge is 2.22. The molecule has 0 bridgehead atoms. The number of rotatable bonds is 5. The van der Waals surface area contributed by atoms with Crippen LogP contribution in [0.15, 0.2) is 24.3 Å². The van der Waals surface area contributed by atoms with Crippen molar-refractivity contribution in [2.24, 2.45) is 7.05 Å². The van der Waals surface area contributed by atoms with Gasteiger partial charge in [-0.2, -0.15) is 5.10 Å². The van der Waals surface area contributed by atoms with Gasteiger partial charge in [0.25, 0.3) is 0 Å². The molecular formula is C21H27N5OS. The van der Waals surface area contributed by atoms with Crippen molar-refractivity contribution in [2.75, 3.05) is 26.2 Å². The molecular weight excluding hydrogens is 370 g/mol. The Morgan fingerprint density at radius 3 is 2.57 bits per heavy atom. The van der Waals surface area contributed by atoms with E-state index in [1.54, 1.807) is 11.3 Å². The van der Waals surface area contributed by atoms with Crippen molar-refractivity contribution in [3.63, 3.8) is 0 Å². The van der Waals surface area contributed by atoms with Crippen molar-refractivity contribution in [1.29, 1.82) is 0 Å². The fourth-order valence-electron chi connectivity index (χ4n) is 3.90. The second-order valence-corrected chi connectivity index (χ2v) is 8.62. The van der Waals surface area contributed by atoms with E-state index in [4.69, 9.17) is 4.98 Å². The van der Waals surface area contributed by atoms with Crippen LogP contribution in [0.1, 0.15) is 28.4 Å². The van der Waals surface area contributed by atoms with Gasteiger partial charge in [0.1, 0.15) is 5.01 Å². The molecule has 7 heteroatoms. The molecule has 4 rings (SSSR count). The highest BCUT2D eigenvalue weighted by atomic mass is 32.1. The number of piperazine rings is 1. The number of para-hydroxylation sites is 1. The van der Waals surface area contributed by atoms with Crippen molar-refractivity contribution in [2.45, 2.75) is 33.2 Å². The van der Waals surface area contributed by atoms with Crippen LogP contribution in [0.5, 0.6) is 0 Å². The number of thiazole rings is 1. The van der Waals surface area contributed by atoms with Crippen LogP contribution in [0.4, 0.5) is 0 Å². The molecule has 1 fully saturated rings. The van der Waals surface area contributed by atoms with Gasteiger partial charge in [-0.3, -0.25) is 14.4 Å². The number of hydrogen-bond donors (Lipinski definition) is 0. The number of benzene rings is 1. The average Bonchev–Trinajstić information content (AvgIpc) is 3.20. The highest BCUT2D eigenvalue weighted by Crippen LogP contribution is 2.23. The van der Waals surface area contributed by atoms with Crippen LogP contribution in [0.3, 0.4) is 0 Å². The molecule has 0 saturated carbocycles. The smallest absolute Gasteiger partial charge is 0.222 e. The average molecular weight is 398 g/mol. The van der Waals surface area contributed by atoms with E-state index < -0.39 is 0 Å². The Kier molecular flexibility index (Phi) is 5.46. The molecule has 2 aromatic heterocycles. The second-order valence-electron chi connectivity index (χ2n) is 7.51. The van der Waals surface area contributed by atoms with Crippen LogP contribution in [0, 0.1) is 13.8 Å². The molecule has 3 aromatic rings. The zero-order valence-corrected chi connectivity index (χ0v) is 17.6. The Labute approximate surface area is 169 Å². The van der Waals surface area contributed by atoms with Crippen LogP contribution in [-0.4, -0.2) is 56.7 Å². The monoisotopic (exact) mass is 397 g/mol. The quantitative estimate of drug-likeness (QED) is 0.664. The van der Waals surface area contributed by atoms with Gasteiger partial charge in [0.2, 0.25) is 5.91 Å².